The van der Waals surface area contributed by atoms with Crippen LogP contribution >= 0.6 is 0 Å². The molecule has 0 radical (unpaired) electrons. The first-order valence-corrected chi connectivity index (χ1v) is 11.7. The first kappa shape index (κ1) is 21.2. The van der Waals surface area contributed by atoms with Gasteiger partial charge in [0.2, 0.25) is 10.0 Å². The van der Waals surface area contributed by atoms with Gasteiger partial charge in [-0.25, -0.2) is 8.42 Å². The van der Waals surface area contributed by atoms with Gasteiger partial charge in [-0.1, -0.05) is 12.1 Å². The molecule has 0 atom stereocenters. The number of aryl methyl sites for hydroxylation is 1. The number of ether oxygens (including phenoxy) is 1. The second-order valence-corrected chi connectivity index (χ2v) is 9.09. The van der Waals surface area contributed by atoms with Gasteiger partial charge in [0.1, 0.15) is 5.75 Å². The lowest BCUT2D eigenvalue weighted by Crippen LogP contribution is -2.37. The van der Waals surface area contributed by atoms with Gasteiger partial charge in [-0.3, -0.25) is 9.10 Å². The van der Waals surface area contributed by atoms with Crippen LogP contribution in [0, 0.1) is 0 Å². The summed E-state index contributed by atoms with van der Waals surface area (Å²) in [5, 5.41) is 2.92. The van der Waals surface area contributed by atoms with Crippen LogP contribution in [0.4, 0.5) is 5.69 Å². The normalized spacial score (nSPS) is 15.7. The van der Waals surface area contributed by atoms with E-state index in [-0.39, 0.29) is 11.7 Å². The van der Waals surface area contributed by atoms with E-state index in [9.17, 15) is 13.2 Å². The zero-order chi connectivity index (χ0) is 20.7. The van der Waals surface area contributed by atoms with Crippen molar-refractivity contribution in [1.29, 1.82) is 0 Å². The van der Waals surface area contributed by atoms with Crippen molar-refractivity contribution in [2.75, 3.05) is 29.8 Å². The van der Waals surface area contributed by atoms with Crippen molar-refractivity contribution >= 4 is 21.6 Å². The molecular weight excluding hydrogens is 388 g/mol. The Morgan fingerprint density at radius 1 is 1.07 bits per heavy atom. The van der Waals surface area contributed by atoms with Gasteiger partial charge in [0, 0.05) is 18.7 Å². The zero-order valence-corrected chi connectivity index (χ0v) is 17.6. The second-order valence-electron chi connectivity index (χ2n) is 7.08. The highest BCUT2D eigenvalue weighted by atomic mass is 32.2. The highest BCUT2D eigenvalue weighted by molar-refractivity contribution is 7.92. The van der Waals surface area contributed by atoms with Crippen molar-refractivity contribution in [3.63, 3.8) is 0 Å². The molecule has 0 bridgehead atoms. The van der Waals surface area contributed by atoms with Crippen LogP contribution < -0.4 is 14.4 Å². The van der Waals surface area contributed by atoms with Crippen molar-refractivity contribution < 1.29 is 17.9 Å². The fourth-order valence-electron chi connectivity index (χ4n) is 3.37. The van der Waals surface area contributed by atoms with E-state index in [1.165, 1.54) is 9.87 Å². The molecule has 1 aliphatic heterocycles. The van der Waals surface area contributed by atoms with Gasteiger partial charge in [-0.05, 0) is 74.6 Å². The van der Waals surface area contributed by atoms with Crippen LogP contribution in [0.2, 0.25) is 0 Å². The quantitative estimate of drug-likeness (QED) is 0.670. The van der Waals surface area contributed by atoms with E-state index in [1.807, 2.05) is 31.2 Å². The number of anilines is 1. The molecule has 2 aromatic carbocycles. The Morgan fingerprint density at radius 3 is 2.45 bits per heavy atom. The molecule has 1 amide bonds. The molecule has 1 saturated heterocycles. The van der Waals surface area contributed by atoms with E-state index in [4.69, 9.17) is 4.74 Å². The summed E-state index contributed by atoms with van der Waals surface area (Å²) in [7, 11) is -3.23. The third kappa shape index (κ3) is 5.73. The average molecular weight is 417 g/mol. The van der Waals surface area contributed by atoms with Gasteiger partial charge >= 0.3 is 0 Å². The first-order valence-electron chi connectivity index (χ1n) is 10.1. The van der Waals surface area contributed by atoms with Gasteiger partial charge in [0.05, 0.1) is 18.0 Å². The molecule has 0 spiro atoms. The van der Waals surface area contributed by atoms with Crippen molar-refractivity contribution in [2.45, 2.75) is 32.6 Å². The van der Waals surface area contributed by atoms with Gasteiger partial charge in [-0.15, -0.1) is 0 Å². The molecule has 1 heterocycles. The fraction of sp³-hybridized carbons (Fsp3) is 0.409. The number of hydrogen-bond acceptors (Lipinski definition) is 4. The molecule has 0 unspecified atom stereocenters. The summed E-state index contributed by atoms with van der Waals surface area (Å²) in [6.45, 7) is 3.69. The van der Waals surface area contributed by atoms with Crippen LogP contribution in [-0.2, 0) is 16.4 Å². The summed E-state index contributed by atoms with van der Waals surface area (Å²) in [5.41, 5.74) is 2.36. The number of benzene rings is 2. The molecular formula is C22H28N2O4S. The van der Waals surface area contributed by atoms with Crippen LogP contribution in [0.25, 0.3) is 0 Å². The Morgan fingerprint density at radius 2 is 1.79 bits per heavy atom. The maximum Gasteiger partial charge on any atom is 0.251 e. The Labute approximate surface area is 172 Å². The van der Waals surface area contributed by atoms with Crippen LogP contribution in [0.3, 0.4) is 0 Å². The van der Waals surface area contributed by atoms with E-state index >= 15 is 0 Å². The largest absolute Gasteiger partial charge is 0.494 e. The zero-order valence-electron chi connectivity index (χ0n) is 16.8. The monoisotopic (exact) mass is 416 g/mol. The second kappa shape index (κ2) is 9.78. The first-order chi connectivity index (χ1) is 14.0. The molecule has 0 aromatic heterocycles. The Kier molecular flexibility index (Phi) is 7.14. The van der Waals surface area contributed by atoms with Crippen LogP contribution in [0.1, 0.15) is 42.1 Å². The average Bonchev–Trinajstić information content (AvgIpc) is 2.72. The molecule has 1 fully saturated rings. The SMILES string of the molecule is CCOc1ccc(CCCNC(=O)c2ccc(N3CCCCS3(=O)=O)cc2)cc1. The minimum atomic E-state index is -3.23. The Bertz CT molecular complexity index is 909. The highest BCUT2D eigenvalue weighted by Gasteiger charge is 2.25. The van der Waals surface area contributed by atoms with Gasteiger partial charge in [-0.2, -0.15) is 0 Å². The lowest BCUT2D eigenvalue weighted by atomic mass is 10.1. The Balaban J connectivity index is 1.47. The lowest BCUT2D eigenvalue weighted by Gasteiger charge is -2.28. The number of sulfonamides is 1. The summed E-state index contributed by atoms with van der Waals surface area (Å²) in [6, 6.07) is 14.8. The molecule has 0 aliphatic carbocycles. The summed E-state index contributed by atoms with van der Waals surface area (Å²) in [5.74, 6) is 0.902. The molecule has 7 heteroatoms. The summed E-state index contributed by atoms with van der Waals surface area (Å²) in [6.07, 6.45) is 3.27. The summed E-state index contributed by atoms with van der Waals surface area (Å²) >= 11 is 0. The molecule has 3 rings (SSSR count). The summed E-state index contributed by atoms with van der Waals surface area (Å²) < 4.78 is 31.2. The van der Waals surface area contributed by atoms with Gasteiger partial charge in [0.15, 0.2) is 0 Å². The molecule has 6 nitrogen and oxygen atoms in total. The predicted molar refractivity (Wildman–Crippen MR) is 115 cm³/mol. The van der Waals surface area contributed by atoms with Crippen LogP contribution in [-0.4, -0.2) is 39.8 Å². The van der Waals surface area contributed by atoms with E-state index in [1.54, 1.807) is 24.3 Å². The number of nitrogens with one attached hydrogen (secondary N) is 1. The number of carbonyl (C=O) groups excluding carboxylic acids is 1. The predicted octanol–water partition coefficient (Wildman–Crippen LogP) is 3.38. The smallest absolute Gasteiger partial charge is 0.251 e. The highest BCUT2D eigenvalue weighted by Crippen LogP contribution is 2.23. The van der Waals surface area contributed by atoms with Crippen molar-refractivity contribution in [2.24, 2.45) is 0 Å². The van der Waals surface area contributed by atoms with E-state index in [0.29, 0.717) is 37.4 Å². The maximum absolute atomic E-state index is 12.3. The number of carbonyl (C=O) groups is 1. The van der Waals surface area contributed by atoms with Crippen molar-refractivity contribution in [3.05, 3.63) is 59.7 Å². The minimum Gasteiger partial charge on any atom is -0.494 e. The van der Waals surface area contributed by atoms with Gasteiger partial charge < -0.3 is 10.1 Å². The Hall–Kier alpha value is -2.54. The topological polar surface area (TPSA) is 75.7 Å². The third-order valence-electron chi connectivity index (χ3n) is 4.93. The van der Waals surface area contributed by atoms with Crippen molar-refractivity contribution in [3.8, 4) is 5.75 Å². The number of rotatable bonds is 8. The lowest BCUT2D eigenvalue weighted by molar-refractivity contribution is 0.0953. The van der Waals surface area contributed by atoms with Gasteiger partial charge in [0.25, 0.3) is 5.91 Å². The number of hydrogen-bond donors (Lipinski definition) is 1. The number of amides is 1. The molecule has 1 aliphatic rings. The minimum absolute atomic E-state index is 0.148. The van der Waals surface area contributed by atoms with Crippen LogP contribution in [0.5, 0.6) is 5.75 Å². The molecule has 156 valence electrons. The fourth-order valence-corrected chi connectivity index (χ4v) is 5.01. The molecule has 29 heavy (non-hydrogen) atoms. The standard InChI is InChI=1S/C22H28N2O4S/c1-2-28-21-13-7-18(8-14-21)6-5-15-23-22(25)19-9-11-20(12-10-19)24-16-3-4-17-29(24,26)27/h7-14H,2-6,15-17H2,1H3,(H,23,25). The molecule has 1 N–H and O–H groups in total. The number of nitrogens with zero attached hydrogens (tertiary/aromatic N) is 1. The maximum atomic E-state index is 12.3. The van der Waals surface area contributed by atoms with E-state index in [2.05, 4.69) is 5.32 Å². The molecule has 2 aromatic rings. The molecule has 0 saturated carbocycles. The van der Waals surface area contributed by atoms with Crippen LogP contribution in [0.15, 0.2) is 48.5 Å². The van der Waals surface area contributed by atoms with Crippen molar-refractivity contribution in [1.82, 2.24) is 5.32 Å². The van der Waals surface area contributed by atoms with E-state index < -0.39 is 10.0 Å². The summed E-state index contributed by atoms with van der Waals surface area (Å²) in [4.78, 5) is 12.3. The van der Waals surface area contributed by atoms with E-state index in [0.717, 1.165) is 25.0 Å². The third-order valence-corrected chi connectivity index (χ3v) is 6.80.